The molecule has 1 aromatic rings. The van der Waals surface area contributed by atoms with E-state index in [0.29, 0.717) is 31.0 Å². The van der Waals surface area contributed by atoms with Crippen LogP contribution in [0.3, 0.4) is 0 Å². The molecule has 0 radical (unpaired) electrons. The maximum Gasteiger partial charge on any atom is 0.243 e. The summed E-state index contributed by atoms with van der Waals surface area (Å²) in [5.41, 5.74) is 5.96. The standard InChI is InChI=1S/C18H29N3O3S/c1-3-11-18(2,19)17(22)20-14-15-7-9-16(10-8-15)25(23,24)21-12-5-4-6-13-21/h7-10H,3-6,11-14,19H2,1-2H3,(H,20,22). The molecule has 3 N–H and O–H groups in total. The topological polar surface area (TPSA) is 92.5 Å². The minimum atomic E-state index is -3.41. The number of sulfonamides is 1. The Labute approximate surface area is 150 Å². The Kier molecular flexibility index (Phi) is 6.59. The number of nitrogens with zero attached hydrogens (tertiary/aromatic N) is 1. The van der Waals surface area contributed by atoms with Crippen LogP contribution in [0.15, 0.2) is 29.2 Å². The zero-order valence-electron chi connectivity index (χ0n) is 15.1. The smallest absolute Gasteiger partial charge is 0.243 e. The number of nitrogens with two attached hydrogens (primary N) is 1. The predicted octanol–water partition coefficient (Wildman–Crippen LogP) is 1.99. The van der Waals surface area contributed by atoms with Gasteiger partial charge in [0.05, 0.1) is 10.4 Å². The van der Waals surface area contributed by atoms with Crippen molar-refractivity contribution in [3.8, 4) is 0 Å². The monoisotopic (exact) mass is 367 g/mol. The van der Waals surface area contributed by atoms with E-state index in [2.05, 4.69) is 5.32 Å². The summed E-state index contributed by atoms with van der Waals surface area (Å²) in [5.74, 6) is -0.195. The third-order valence-corrected chi connectivity index (χ3v) is 6.53. The molecule has 1 unspecified atom stereocenters. The van der Waals surface area contributed by atoms with Crippen molar-refractivity contribution in [2.75, 3.05) is 13.1 Å². The lowest BCUT2D eigenvalue weighted by atomic mass is 9.96. The number of hydrogen-bond acceptors (Lipinski definition) is 4. The van der Waals surface area contributed by atoms with E-state index < -0.39 is 15.6 Å². The number of nitrogens with one attached hydrogen (secondary N) is 1. The van der Waals surface area contributed by atoms with Crippen molar-refractivity contribution >= 4 is 15.9 Å². The van der Waals surface area contributed by atoms with Crippen molar-refractivity contribution in [3.05, 3.63) is 29.8 Å². The first kappa shape index (κ1) is 19.9. The van der Waals surface area contributed by atoms with Gasteiger partial charge in [0.2, 0.25) is 15.9 Å². The Hall–Kier alpha value is -1.44. The molecule has 0 spiro atoms. The first-order valence-electron chi connectivity index (χ1n) is 8.93. The van der Waals surface area contributed by atoms with Gasteiger partial charge in [-0.15, -0.1) is 0 Å². The molecule has 1 heterocycles. The molecule has 7 heteroatoms. The van der Waals surface area contributed by atoms with Crippen molar-refractivity contribution in [2.24, 2.45) is 5.73 Å². The van der Waals surface area contributed by atoms with Gasteiger partial charge in [0.15, 0.2) is 0 Å². The lowest BCUT2D eigenvalue weighted by molar-refractivity contribution is -0.126. The highest BCUT2D eigenvalue weighted by Crippen LogP contribution is 2.21. The summed E-state index contributed by atoms with van der Waals surface area (Å²) in [6.07, 6.45) is 4.37. The fourth-order valence-corrected chi connectivity index (χ4v) is 4.57. The number of benzene rings is 1. The zero-order chi connectivity index (χ0) is 18.5. The SMILES string of the molecule is CCCC(C)(N)C(=O)NCc1ccc(S(=O)(=O)N2CCCCC2)cc1. The lowest BCUT2D eigenvalue weighted by Gasteiger charge is -2.26. The van der Waals surface area contributed by atoms with Crippen LogP contribution in [0.25, 0.3) is 0 Å². The minimum absolute atomic E-state index is 0.195. The van der Waals surface area contributed by atoms with Gasteiger partial charge in [0, 0.05) is 19.6 Å². The number of carbonyl (C=O) groups is 1. The van der Waals surface area contributed by atoms with Crippen LogP contribution in [0, 0.1) is 0 Å². The number of amides is 1. The summed E-state index contributed by atoms with van der Waals surface area (Å²) < 4.78 is 26.8. The van der Waals surface area contributed by atoms with E-state index in [1.807, 2.05) is 6.92 Å². The van der Waals surface area contributed by atoms with Crippen LogP contribution in [0.1, 0.15) is 51.5 Å². The first-order chi connectivity index (χ1) is 11.8. The first-order valence-corrected chi connectivity index (χ1v) is 10.4. The van der Waals surface area contributed by atoms with Gasteiger partial charge in [0.1, 0.15) is 0 Å². The minimum Gasteiger partial charge on any atom is -0.350 e. The molecule has 1 saturated heterocycles. The molecule has 1 fully saturated rings. The molecular weight excluding hydrogens is 338 g/mol. The number of piperidine rings is 1. The second-order valence-corrected chi connectivity index (χ2v) is 8.90. The maximum absolute atomic E-state index is 12.6. The lowest BCUT2D eigenvalue weighted by Crippen LogP contribution is -2.51. The van der Waals surface area contributed by atoms with Gasteiger partial charge in [-0.25, -0.2) is 8.42 Å². The van der Waals surface area contributed by atoms with E-state index in [1.165, 1.54) is 0 Å². The van der Waals surface area contributed by atoms with E-state index in [4.69, 9.17) is 5.73 Å². The number of carbonyl (C=O) groups excluding carboxylic acids is 1. The van der Waals surface area contributed by atoms with Crippen LogP contribution >= 0.6 is 0 Å². The Morgan fingerprint density at radius 1 is 1.20 bits per heavy atom. The molecule has 0 saturated carbocycles. The van der Waals surface area contributed by atoms with Crippen molar-refractivity contribution < 1.29 is 13.2 Å². The van der Waals surface area contributed by atoms with Crippen LogP contribution in [-0.4, -0.2) is 37.3 Å². The molecule has 1 aromatic carbocycles. The molecule has 25 heavy (non-hydrogen) atoms. The second-order valence-electron chi connectivity index (χ2n) is 6.96. The average Bonchev–Trinajstić information content (AvgIpc) is 2.60. The van der Waals surface area contributed by atoms with E-state index in [1.54, 1.807) is 35.5 Å². The Morgan fingerprint density at radius 3 is 2.36 bits per heavy atom. The largest absolute Gasteiger partial charge is 0.350 e. The average molecular weight is 368 g/mol. The van der Waals surface area contributed by atoms with Crippen molar-refractivity contribution in [3.63, 3.8) is 0 Å². The van der Waals surface area contributed by atoms with Crippen LogP contribution < -0.4 is 11.1 Å². The second kappa shape index (κ2) is 8.29. The van der Waals surface area contributed by atoms with Crippen LogP contribution in [-0.2, 0) is 21.4 Å². The summed E-state index contributed by atoms with van der Waals surface area (Å²) >= 11 is 0. The molecule has 1 amide bonds. The molecule has 0 bridgehead atoms. The molecule has 140 valence electrons. The quantitative estimate of drug-likeness (QED) is 0.771. The van der Waals surface area contributed by atoms with E-state index in [-0.39, 0.29) is 5.91 Å². The summed E-state index contributed by atoms with van der Waals surface area (Å²) in [4.78, 5) is 12.4. The molecule has 6 nitrogen and oxygen atoms in total. The van der Waals surface area contributed by atoms with E-state index in [0.717, 1.165) is 31.2 Å². The normalized spacial score (nSPS) is 18.5. The molecule has 1 aliphatic heterocycles. The van der Waals surface area contributed by atoms with Gasteiger partial charge >= 0.3 is 0 Å². The highest BCUT2D eigenvalue weighted by atomic mass is 32.2. The van der Waals surface area contributed by atoms with Crippen LogP contribution in [0.2, 0.25) is 0 Å². The predicted molar refractivity (Wildman–Crippen MR) is 98.4 cm³/mol. The van der Waals surface area contributed by atoms with Gasteiger partial charge in [0.25, 0.3) is 0 Å². The molecule has 0 aliphatic carbocycles. The van der Waals surface area contributed by atoms with Gasteiger partial charge < -0.3 is 11.1 Å². The molecular formula is C18H29N3O3S. The fourth-order valence-electron chi connectivity index (χ4n) is 3.05. The van der Waals surface area contributed by atoms with Gasteiger partial charge in [-0.3, -0.25) is 4.79 Å². The summed E-state index contributed by atoms with van der Waals surface area (Å²) in [6.45, 7) is 5.22. The maximum atomic E-state index is 12.6. The highest BCUT2D eigenvalue weighted by Gasteiger charge is 2.27. The van der Waals surface area contributed by atoms with E-state index >= 15 is 0 Å². The third-order valence-electron chi connectivity index (χ3n) is 4.62. The summed E-state index contributed by atoms with van der Waals surface area (Å²) in [7, 11) is -3.41. The van der Waals surface area contributed by atoms with Crippen molar-refractivity contribution in [1.29, 1.82) is 0 Å². The van der Waals surface area contributed by atoms with Crippen molar-refractivity contribution in [1.82, 2.24) is 9.62 Å². The Morgan fingerprint density at radius 2 is 1.80 bits per heavy atom. The van der Waals surface area contributed by atoms with Gasteiger partial charge in [-0.2, -0.15) is 4.31 Å². The molecule has 1 aliphatic rings. The van der Waals surface area contributed by atoms with Crippen molar-refractivity contribution in [2.45, 2.75) is 62.9 Å². The number of hydrogen-bond donors (Lipinski definition) is 2. The third kappa shape index (κ3) is 5.03. The van der Waals surface area contributed by atoms with Gasteiger partial charge in [-0.1, -0.05) is 31.9 Å². The molecule has 2 rings (SSSR count). The Balaban J connectivity index is 1.99. The Bertz CT molecular complexity index is 678. The highest BCUT2D eigenvalue weighted by molar-refractivity contribution is 7.89. The van der Waals surface area contributed by atoms with Crippen LogP contribution in [0.5, 0.6) is 0 Å². The zero-order valence-corrected chi connectivity index (χ0v) is 15.9. The summed E-state index contributed by atoms with van der Waals surface area (Å²) in [6, 6.07) is 6.70. The van der Waals surface area contributed by atoms with E-state index in [9.17, 15) is 13.2 Å². The number of rotatable bonds is 7. The fraction of sp³-hybridized carbons (Fsp3) is 0.611. The molecule has 1 atom stereocenters. The van der Waals surface area contributed by atoms with Crippen LogP contribution in [0.4, 0.5) is 0 Å². The summed E-state index contributed by atoms with van der Waals surface area (Å²) in [5, 5.41) is 2.82. The van der Waals surface area contributed by atoms with Gasteiger partial charge in [-0.05, 0) is 43.9 Å². The molecule has 0 aromatic heterocycles.